The summed E-state index contributed by atoms with van der Waals surface area (Å²) in [4.78, 5) is 35.2. The molecular weight excluding hydrogens is 410 g/mol. The molecule has 8 heteroatoms. The number of nitro benzene ring substituents is 1. The van der Waals surface area contributed by atoms with Crippen molar-refractivity contribution in [3.63, 3.8) is 0 Å². The summed E-state index contributed by atoms with van der Waals surface area (Å²) in [6.07, 6.45) is 0.156. The lowest BCUT2D eigenvalue weighted by atomic mass is 9.99. The molecule has 0 spiro atoms. The molecule has 0 aromatic heterocycles. The Morgan fingerprint density at radius 3 is 2.44 bits per heavy atom. The Labute approximate surface area is 183 Å². The van der Waals surface area contributed by atoms with Crippen LogP contribution in [-0.4, -0.2) is 23.9 Å². The second-order valence-electron chi connectivity index (χ2n) is 7.13. The first-order chi connectivity index (χ1) is 15.5. The molecule has 0 saturated carbocycles. The van der Waals surface area contributed by atoms with Gasteiger partial charge in [0.1, 0.15) is 0 Å². The summed E-state index contributed by atoms with van der Waals surface area (Å²) in [5.41, 5.74) is 3.93. The summed E-state index contributed by atoms with van der Waals surface area (Å²) in [5.74, 6) is -0.687. The molecule has 0 bridgehead atoms. The van der Waals surface area contributed by atoms with Gasteiger partial charge in [-0.3, -0.25) is 19.7 Å². The van der Waals surface area contributed by atoms with E-state index < -0.39 is 4.92 Å². The van der Waals surface area contributed by atoms with E-state index in [-0.39, 0.29) is 24.0 Å². The highest BCUT2D eigenvalue weighted by Gasteiger charge is 2.30. The van der Waals surface area contributed by atoms with Crippen molar-refractivity contribution in [2.75, 3.05) is 17.7 Å². The standard InChI is InChI=1S/C24H19N3O5/c1-32-21(28)13-15-7-9-17(10-8-15)25-23(16-5-3-2-4-6-16)22-19-14-18(27(30)31)11-12-20(19)26-24(22)29/h2-12,14,25H,13H2,1H3,(H,26,29)/b23-22-. The first-order valence-electron chi connectivity index (χ1n) is 9.79. The number of hydrogen-bond acceptors (Lipinski definition) is 6. The summed E-state index contributed by atoms with van der Waals surface area (Å²) in [6.45, 7) is 0. The summed E-state index contributed by atoms with van der Waals surface area (Å²) in [5, 5.41) is 17.3. The Morgan fingerprint density at radius 2 is 1.78 bits per heavy atom. The molecule has 1 aliphatic heterocycles. The van der Waals surface area contributed by atoms with E-state index in [0.717, 1.165) is 11.1 Å². The number of ether oxygens (including phenoxy) is 1. The Morgan fingerprint density at radius 1 is 1.06 bits per heavy atom. The highest BCUT2D eigenvalue weighted by molar-refractivity contribution is 6.37. The Hall–Kier alpha value is -4.46. The number of nitrogens with one attached hydrogen (secondary N) is 2. The summed E-state index contributed by atoms with van der Waals surface area (Å²) in [6, 6.07) is 20.7. The third-order valence-corrected chi connectivity index (χ3v) is 5.07. The molecule has 0 radical (unpaired) electrons. The number of methoxy groups -OCH3 is 1. The molecule has 3 aromatic rings. The lowest BCUT2D eigenvalue weighted by Crippen LogP contribution is -2.10. The number of carbonyl (C=O) groups excluding carboxylic acids is 2. The van der Waals surface area contributed by atoms with E-state index in [2.05, 4.69) is 10.6 Å². The molecule has 160 valence electrons. The fourth-order valence-electron chi connectivity index (χ4n) is 3.49. The molecule has 8 nitrogen and oxygen atoms in total. The zero-order valence-corrected chi connectivity index (χ0v) is 17.1. The van der Waals surface area contributed by atoms with Crippen LogP contribution >= 0.6 is 0 Å². The number of nitrogens with zero attached hydrogens (tertiary/aromatic N) is 1. The van der Waals surface area contributed by atoms with Gasteiger partial charge in [-0.15, -0.1) is 0 Å². The smallest absolute Gasteiger partial charge is 0.309 e. The van der Waals surface area contributed by atoms with Crippen LogP contribution in [0.15, 0.2) is 72.8 Å². The molecule has 4 rings (SSSR count). The molecule has 1 aliphatic rings. The average Bonchev–Trinajstić information content (AvgIpc) is 3.13. The van der Waals surface area contributed by atoms with E-state index in [1.165, 1.54) is 25.3 Å². The van der Waals surface area contributed by atoms with Crippen molar-refractivity contribution in [1.29, 1.82) is 0 Å². The van der Waals surface area contributed by atoms with E-state index in [1.54, 1.807) is 24.3 Å². The van der Waals surface area contributed by atoms with Gasteiger partial charge >= 0.3 is 5.97 Å². The quantitative estimate of drug-likeness (QED) is 0.262. The van der Waals surface area contributed by atoms with Crippen molar-refractivity contribution >= 4 is 40.2 Å². The van der Waals surface area contributed by atoms with Gasteiger partial charge in [0, 0.05) is 29.1 Å². The van der Waals surface area contributed by atoms with Gasteiger partial charge in [-0.25, -0.2) is 0 Å². The lowest BCUT2D eigenvalue weighted by molar-refractivity contribution is -0.384. The van der Waals surface area contributed by atoms with Gasteiger partial charge in [0.25, 0.3) is 11.6 Å². The van der Waals surface area contributed by atoms with E-state index in [1.807, 2.05) is 30.3 Å². The van der Waals surface area contributed by atoms with Crippen molar-refractivity contribution in [3.05, 3.63) is 99.6 Å². The molecule has 0 unspecified atom stereocenters. The summed E-state index contributed by atoms with van der Waals surface area (Å²) in [7, 11) is 1.34. The lowest BCUT2D eigenvalue weighted by Gasteiger charge is -2.15. The summed E-state index contributed by atoms with van der Waals surface area (Å²) < 4.78 is 4.69. The SMILES string of the molecule is COC(=O)Cc1ccc(N/C(=C2\C(=O)Nc3ccc([N+](=O)[O-])cc32)c2ccccc2)cc1. The van der Waals surface area contributed by atoms with E-state index in [9.17, 15) is 19.7 Å². The second kappa shape index (κ2) is 8.73. The van der Waals surface area contributed by atoms with Crippen LogP contribution in [0.2, 0.25) is 0 Å². The van der Waals surface area contributed by atoms with Crippen LogP contribution in [0, 0.1) is 10.1 Å². The van der Waals surface area contributed by atoms with Crippen molar-refractivity contribution < 1.29 is 19.2 Å². The molecule has 0 aliphatic carbocycles. The Kier molecular flexibility index (Phi) is 5.67. The average molecular weight is 429 g/mol. The van der Waals surface area contributed by atoms with E-state index in [0.29, 0.717) is 28.2 Å². The Bertz CT molecular complexity index is 1230. The molecule has 3 aromatic carbocycles. The maximum atomic E-state index is 12.9. The molecule has 2 N–H and O–H groups in total. The zero-order valence-electron chi connectivity index (χ0n) is 17.1. The zero-order chi connectivity index (χ0) is 22.7. The van der Waals surface area contributed by atoms with Crippen LogP contribution in [0.25, 0.3) is 11.3 Å². The molecule has 32 heavy (non-hydrogen) atoms. The minimum Gasteiger partial charge on any atom is -0.469 e. The van der Waals surface area contributed by atoms with Crippen LogP contribution < -0.4 is 10.6 Å². The van der Waals surface area contributed by atoms with Gasteiger partial charge < -0.3 is 15.4 Å². The number of fused-ring (bicyclic) bond motifs is 1. The Balaban J connectivity index is 1.79. The number of nitro groups is 1. The van der Waals surface area contributed by atoms with E-state index in [4.69, 9.17) is 4.74 Å². The first-order valence-corrected chi connectivity index (χ1v) is 9.79. The van der Waals surface area contributed by atoms with Crippen LogP contribution in [-0.2, 0) is 20.7 Å². The van der Waals surface area contributed by atoms with Gasteiger partial charge in [-0.2, -0.15) is 0 Å². The van der Waals surface area contributed by atoms with Crippen LogP contribution in [0.4, 0.5) is 17.1 Å². The molecule has 0 atom stereocenters. The van der Waals surface area contributed by atoms with Crippen LogP contribution in [0.1, 0.15) is 16.7 Å². The topological polar surface area (TPSA) is 111 Å². The highest BCUT2D eigenvalue weighted by Crippen LogP contribution is 2.39. The monoisotopic (exact) mass is 429 g/mol. The van der Waals surface area contributed by atoms with Gasteiger partial charge in [0.2, 0.25) is 0 Å². The predicted molar refractivity (Wildman–Crippen MR) is 121 cm³/mol. The minimum absolute atomic E-state index is 0.0997. The largest absolute Gasteiger partial charge is 0.469 e. The number of benzene rings is 3. The van der Waals surface area contributed by atoms with Crippen molar-refractivity contribution in [1.82, 2.24) is 0 Å². The van der Waals surface area contributed by atoms with Crippen molar-refractivity contribution in [3.8, 4) is 0 Å². The highest BCUT2D eigenvalue weighted by atomic mass is 16.6. The second-order valence-corrected chi connectivity index (χ2v) is 7.13. The number of amides is 1. The van der Waals surface area contributed by atoms with Gasteiger partial charge in [0.15, 0.2) is 0 Å². The third-order valence-electron chi connectivity index (χ3n) is 5.07. The normalized spacial score (nSPS) is 13.7. The fourth-order valence-corrected chi connectivity index (χ4v) is 3.49. The maximum absolute atomic E-state index is 12.9. The van der Waals surface area contributed by atoms with E-state index >= 15 is 0 Å². The number of esters is 1. The number of anilines is 2. The number of rotatable bonds is 6. The predicted octanol–water partition coefficient (Wildman–Crippen LogP) is 4.24. The summed E-state index contributed by atoms with van der Waals surface area (Å²) >= 11 is 0. The molecular formula is C24H19N3O5. The van der Waals surface area contributed by atoms with Crippen molar-refractivity contribution in [2.24, 2.45) is 0 Å². The molecule has 0 saturated heterocycles. The fraction of sp³-hybridized carbons (Fsp3) is 0.0833. The maximum Gasteiger partial charge on any atom is 0.309 e. The molecule has 0 fully saturated rings. The number of carbonyl (C=O) groups is 2. The number of non-ortho nitro benzene ring substituents is 1. The minimum atomic E-state index is -0.490. The third kappa shape index (κ3) is 4.20. The van der Waals surface area contributed by atoms with Gasteiger partial charge in [-0.1, -0.05) is 42.5 Å². The molecule has 1 amide bonds. The first kappa shape index (κ1) is 20.8. The number of hydrogen-bond donors (Lipinski definition) is 2. The van der Waals surface area contributed by atoms with Crippen LogP contribution in [0.5, 0.6) is 0 Å². The van der Waals surface area contributed by atoms with Crippen molar-refractivity contribution in [2.45, 2.75) is 6.42 Å². The van der Waals surface area contributed by atoms with Gasteiger partial charge in [-0.05, 0) is 29.3 Å². The van der Waals surface area contributed by atoms with Gasteiger partial charge in [0.05, 0.1) is 29.7 Å². The van der Waals surface area contributed by atoms with Crippen LogP contribution in [0.3, 0.4) is 0 Å². The molecule has 1 heterocycles.